The number of ether oxygens (including phenoxy) is 2. The second kappa shape index (κ2) is 6.96. The summed E-state index contributed by atoms with van der Waals surface area (Å²) >= 11 is 7.88. The van der Waals surface area contributed by atoms with Crippen LogP contribution in [0.5, 0.6) is 11.5 Å². The van der Waals surface area contributed by atoms with E-state index in [2.05, 4.69) is 11.4 Å². The lowest BCUT2D eigenvalue weighted by molar-refractivity contribution is 0.171. The summed E-state index contributed by atoms with van der Waals surface area (Å²) in [6.45, 7) is 2.10. The molecule has 0 aliphatic carbocycles. The van der Waals surface area contributed by atoms with Crippen LogP contribution in [0.15, 0.2) is 47.4 Å². The van der Waals surface area contributed by atoms with Gasteiger partial charge in [0, 0.05) is 17.2 Å². The third-order valence-electron chi connectivity index (χ3n) is 3.07. The molecular formula is C16H16ClNO2S. The zero-order valence-corrected chi connectivity index (χ0v) is 13.0. The van der Waals surface area contributed by atoms with E-state index in [0.29, 0.717) is 13.2 Å². The van der Waals surface area contributed by atoms with Crippen molar-refractivity contribution >= 4 is 29.1 Å². The van der Waals surface area contributed by atoms with Gasteiger partial charge in [0.2, 0.25) is 0 Å². The molecule has 5 heteroatoms. The average Bonchev–Trinajstić information content (AvgIpc) is 2.53. The number of anilines is 1. The number of hydrogen-bond donors (Lipinski definition) is 1. The average molecular weight is 322 g/mol. The number of halogens is 1. The van der Waals surface area contributed by atoms with Crippen LogP contribution < -0.4 is 14.8 Å². The fourth-order valence-corrected chi connectivity index (χ4v) is 3.07. The summed E-state index contributed by atoms with van der Waals surface area (Å²) in [7, 11) is 0. The van der Waals surface area contributed by atoms with Crippen LogP contribution in [-0.4, -0.2) is 25.5 Å². The van der Waals surface area contributed by atoms with Crippen LogP contribution in [0.1, 0.15) is 0 Å². The van der Waals surface area contributed by atoms with Crippen LogP contribution in [0.2, 0.25) is 5.02 Å². The van der Waals surface area contributed by atoms with E-state index >= 15 is 0 Å². The standard InChI is InChI=1S/C16H16ClNO2S/c17-13-3-1-2-4-14(13)18-7-10-21-12-5-6-15-16(11-12)20-9-8-19-15/h1-6,11,18H,7-10H2. The summed E-state index contributed by atoms with van der Waals surface area (Å²) in [6.07, 6.45) is 0. The number of fused-ring (bicyclic) bond motifs is 1. The summed E-state index contributed by atoms with van der Waals surface area (Å²) < 4.78 is 11.1. The van der Waals surface area contributed by atoms with Crippen molar-refractivity contribution < 1.29 is 9.47 Å². The van der Waals surface area contributed by atoms with E-state index in [0.717, 1.165) is 34.5 Å². The highest BCUT2D eigenvalue weighted by molar-refractivity contribution is 7.99. The maximum Gasteiger partial charge on any atom is 0.162 e. The zero-order valence-electron chi connectivity index (χ0n) is 11.5. The minimum absolute atomic E-state index is 0.620. The van der Waals surface area contributed by atoms with Crippen molar-refractivity contribution in [1.29, 1.82) is 0 Å². The minimum Gasteiger partial charge on any atom is -0.486 e. The van der Waals surface area contributed by atoms with E-state index in [1.165, 1.54) is 4.90 Å². The molecule has 0 saturated heterocycles. The van der Waals surface area contributed by atoms with Gasteiger partial charge in [0.25, 0.3) is 0 Å². The lowest BCUT2D eigenvalue weighted by atomic mass is 10.3. The van der Waals surface area contributed by atoms with Crippen molar-refractivity contribution in [3.05, 3.63) is 47.5 Å². The number of rotatable bonds is 5. The predicted octanol–water partition coefficient (Wildman–Crippen LogP) is 4.32. The van der Waals surface area contributed by atoms with Gasteiger partial charge in [-0.2, -0.15) is 0 Å². The van der Waals surface area contributed by atoms with Gasteiger partial charge in [-0.05, 0) is 30.3 Å². The maximum absolute atomic E-state index is 6.10. The number of para-hydroxylation sites is 1. The minimum atomic E-state index is 0.620. The van der Waals surface area contributed by atoms with Crippen molar-refractivity contribution in [3.63, 3.8) is 0 Å². The summed E-state index contributed by atoms with van der Waals surface area (Å²) in [5.41, 5.74) is 0.974. The summed E-state index contributed by atoms with van der Waals surface area (Å²) in [5.74, 6) is 2.62. The number of benzene rings is 2. The number of nitrogens with one attached hydrogen (secondary N) is 1. The van der Waals surface area contributed by atoms with Crippen LogP contribution in [0.25, 0.3) is 0 Å². The molecule has 2 aromatic rings. The fraction of sp³-hybridized carbons (Fsp3) is 0.250. The SMILES string of the molecule is Clc1ccccc1NCCSc1ccc2c(c1)OCCO2. The van der Waals surface area contributed by atoms with Gasteiger partial charge in [-0.15, -0.1) is 11.8 Å². The molecule has 0 amide bonds. The smallest absolute Gasteiger partial charge is 0.162 e. The van der Waals surface area contributed by atoms with Gasteiger partial charge in [0.1, 0.15) is 13.2 Å². The molecule has 0 spiro atoms. The van der Waals surface area contributed by atoms with Crippen LogP contribution in [0.3, 0.4) is 0 Å². The Hall–Kier alpha value is -1.52. The lowest BCUT2D eigenvalue weighted by Gasteiger charge is -2.18. The molecule has 0 unspecified atom stereocenters. The van der Waals surface area contributed by atoms with E-state index in [1.54, 1.807) is 11.8 Å². The molecule has 1 aliphatic heterocycles. The van der Waals surface area contributed by atoms with Crippen molar-refractivity contribution in [2.24, 2.45) is 0 Å². The summed E-state index contributed by atoms with van der Waals surface area (Å²) in [4.78, 5) is 1.18. The van der Waals surface area contributed by atoms with Crippen molar-refractivity contribution in [1.82, 2.24) is 0 Å². The first-order valence-corrected chi connectivity index (χ1v) is 8.20. The van der Waals surface area contributed by atoms with E-state index in [1.807, 2.05) is 36.4 Å². The van der Waals surface area contributed by atoms with E-state index in [-0.39, 0.29) is 0 Å². The number of thioether (sulfide) groups is 1. The molecule has 3 rings (SSSR count). The van der Waals surface area contributed by atoms with Gasteiger partial charge < -0.3 is 14.8 Å². The topological polar surface area (TPSA) is 30.5 Å². The second-order valence-corrected chi connectivity index (χ2v) is 6.14. The van der Waals surface area contributed by atoms with Gasteiger partial charge in [-0.25, -0.2) is 0 Å². The van der Waals surface area contributed by atoms with Crippen LogP contribution >= 0.6 is 23.4 Å². The van der Waals surface area contributed by atoms with Crippen LogP contribution in [0.4, 0.5) is 5.69 Å². The monoisotopic (exact) mass is 321 g/mol. The first-order valence-electron chi connectivity index (χ1n) is 6.84. The van der Waals surface area contributed by atoms with Gasteiger partial charge in [0.05, 0.1) is 10.7 Å². The van der Waals surface area contributed by atoms with E-state index in [4.69, 9.17) is 21.1 Å². The Balaban J connectivity index is 1.50. The highest BCUT2D eigenvalue weighted by Gasteiger charge is 2.11. The first kappa shape index (κ1) is 14.4. The third kappa shape index (κ3) is 3.77. The van der Waals surface area contributed by atoms with Crippen molar-refractivity contribution in [2.75, 3.05) is 30.8 Å². The van der Waals surface area contributed by atoms with E-state index in [9.17, 15) is 0 Å². The zero-order chi connectivity index (χ0) is 14.5. The molecule has 0 radical (unpaired) electrons. The molecule has 0 saturated carbocycles. The molecule has 2 aromatic carbocycles. The Morgan fingerprint density at radius 3 is 2.71 bits per heavy atom. The lowest BCUT2D eigenvalue weighted by Crippen LogP contribution is -2.15. The highest BCUT2D eigenvalue weighted by atomic mass is 35.5. The molecule has 1 heterocycles. The van der Waals surface area contributed by atoms with Gasteiger partial charge >= 0.3 is 0 Å². The summed E-state index contributed by atoms with van der Waals surface area (Å²) in [5, 5.41) is 4.09. The molecule has 3 nitrogen and oxygen atoms in total. The Morgan fingerprint density at radius 1 is 1.05 bits per heavy atom. The molecule has 1 aliphatic rings. The van der Waals surface area contributed by atoms with Gasteiger partial charge in [-0.1, -0.05) is 23.7 Å². The first-order chi connectivity index (χ1) is 10.3. The Morgan fingerprint density at radius 2 is 1.86 bits per heavy atom. The highest BCUT2D eigenvalue weighted by Crippen LogP contribution is 2.34. The quantitative estimate of drug-likeness (QED) is 0.656. The Bertz CT molecular complexity index is 621. The molecular weight excluding hydrogens is 306 g/mol. The Labute approximate surface area is 133 Å². The molecule has 0 fully saturated rings. The largest absolute Gasteiger partial charge is 0.486 e. The molecule has 110 valence electrons. The van der Waals surface area contributed by atoms with Crippen LogP contribution in [0, 0.1) is 0 Å². The van der Waals surface area contributed by atoms with Gasteiger partial charge in [-0.3, -0.25) is 0 Å². The molecule has 1 N–H and O–H groups in total. The van der Waals surface area contributed by atoms with Crippen molar-refractivity contribution in [2.45, 2.75) is 4.90 Å². The molecule has 0 aromatic heterocycles. The fourth-order valence-electron chi connectivity index (χ4n) is 2.07. The summed E-state index contributed by atoms with van der Waals surface area (Å²) in [6, 6.07) is 13.8. The second-order valence-electron chi connectivity index (χ2n) is 4.56. The Kier molecular flexibility index (Phi) is 4.78. The third-order valence-corrected chi connectivity index (χ3v) is 4.40. The number of hydrogen-bond acceptors (Lipinski definition) is 4. The van der Waals surface area contributed by atoms with Gasteiger partial charge in [0.15, 0.2) is 11.5 Å². The molecule has 0 bridgehead atoms. The van der Waals surface area contributed by atoms with E-state index < -0.39 is 0 Å². The maximum atomic E-state index is 6.10. The van der Waals surface area contributed by atoms with Crippen molar-refractivity contribution in [3.8, 4) is 11.5 Å². The van der Waals surface area contributed by atoms with Crippen LogP contribution in [-0.2, 0) is 0 Å². The normalized spacial score (nSPS) is 13.0. The predicted molar refractivity (Wildman–Crippen MR) is 88.1 cm³/mol. The molecule has 0 atom stereocenters. The molecule has 21 heavy (non-hydrogen) atoms.